The predicted molar refractivity (Wildman–Crippen MR) is 65.1 cm³/mol. The second-order valence-electron chi connectivity index (χ2n) is 4.51. The molecule has 1 unspecified atom stereocenters. The van der Waals surface area contributed by atoms with Crippen LogP contribution in [0.2, 0.25) is 0 Å². The highest BCUT2D eigenvalue weighted by Gasteiger charge is 2.31. The lowest BCUT2D eigenvalue weighted by Crippen LogP contribution is -2.22. The molecule has 0 radical (unpaired) electrons. The Kier molecular flexibility index (Phi) is 2.97. The number of fused-ring (bicyclic) bond motifs is 1. The first kappa shape index (κ1) is 12.7. The molecule has 20 heavy (non-hydrogen) atoms. The van der Waals surface area contributed by atoms with Crippen molar-refractivity contribution in [3.8, 4) is 5.75 Å². The number of ketones is 1. The highest BCUT2D eigenvalue weighted by atomic mass is 19.1. The van der Waals surface area contributed by atoms with Gasteiger partial charge in [-0.15, -0.1) is 0 Å². The molecule has 0 fully saturated rings. The van der Waals surface area contributed by atoms with Crippen molar-refractivity contribution in [3.05, 3.63) is 65.0 Å². The summed E-state index contributed by atoms with van der Waals surface area (Å²) in [7, 11) is 0. The monoisotopic (exact) mass is 278 g/mol. The zero-order valence-corrected chi connectivity index (χ0v) is 10.2. The maximum atomic E-state index is 13.7. The van der Waals surface area contributed by atoms with Gasteiger partial charge in [0.05, 0.1) is 17.5 Å². The first-order chi connectivity index (χ1) is 9.56. The first-order valence-corrected chi connectivity index (χ1v) is 5.99. The topological polar surface area (TPSA) is 26.3 Å². The van der Waals surface area contributed by atoms with Crippen molar-refractivity contribution < 1.29 is 22.7 Å². The van der Waals surface area contributed by atoms with E-state index in [9.17, 15) is 18.0 Å². The molecule has 1 aliphatic rings. The minimum Gasteiger partial charge on any atom is -0.484 e. The Labute approximate surface area is 112 Å². The number of rotatable bonds is 1. The van der Waals surface area contributed by atoms with E-state index in [4.69, 9.17) is 4.74 Å². The van der Waals surface area contributed by atoms with Crippen molar-refractivity contribution in [2.24, 2.45) is 0 Å². The van der Waals surface area contributed by atoms with Gasteiger partial charge in [0.2, 0.25) is 0 Å². The average Bonchev–Trinajstić information content (AvgIpc) is 2.39. The molecule has 0 spiro atoms. The SMILES string of the molecule is O=C1CC(c2c(F)cccc2F)Oc2ccc(F)cc21. The van der Waals surface area contributed by atoms with E-state index in [2.05, 4.69) is 0 Å². The van der Waals surface area contributed by atoms with Crippen LogP contribution in [-0.4, -0.2) is 5.78 Å². The number of halogens is 3. The summed E-state index contributed by atoms with van der Waals surface area (Å²) in [6.45, 7) is 0. The summed E-state index contributed by atoms with van der Waals surface area (Å²) in [4.78, 5) is 12.0. The lowest BCUT2D eigenvalue weighted by Gasteiger charge is -2.26. The van der Waals surface area contributed by atoms with Gasteiger partial charge in [0.15, 0.2) is 5.78 Å². The van der Waals surface area contributed by atoms with E-state index in [0.717, 1.165) is 24.3 Å². The third kappa shape index (κ3) is 2.05. The third-order valence-corrected chi connectivity index (χ3v) is 3.20. The van der Waals surface area contributed by atoms with Crippen LogP contribution in [0.25, 0.3) is 0 Å². The normalized spacial score (nSPS) is 17.6. The van der Waals surface area contributed by atoms with E-state index >= 15 is 0 Å². The zero-order chi connectivity index (χ0) is 14.3. The van der Waals surface area contributed by atoms with E-state index in [1.165, 1.54) is 12.1 Å². The fraction of sp³-hybridized carbons (Fsp3) is 0.133. The predicted octanol–water partition coefficient (Wildman–Crippen LogP) is 3.81. The van der Waals surface area contributed by atoms with E-state index in [1.807, 2.05) is 0 Å². The molecular weight excluding hydrogens is 269 g/mol. The summed E-state index contributed by atoms with van der Waals surface area (Å²) >= 11 is 0. The van der Waals surface area contributed by atoms with Gasteiger partial charge in [-0.3, -0.25) is 4.79 Å². The number of ether oxygens (including phenoxy) is 1. The summed E-state index contributed by atoms with van der Waals surface area (Å²) in [6.07, 6.45) is -1.27. The molecule has 1 aliphatic heterocycles. The molecule has 0 amide bonds. The Morgan fingerprint density at radius 1 is 1.05 bits per heavy atom. The number of hydrogen-bond donors (Lipinski definition) is 0. The van der Waals surface area contributed by atoms with E-state index in [0.29, 0.717) is 0 Å². The number of carbonyl (C=O) groups is 1. The summed E-state index contributed by atoms with van der Waals surface area (Å²) < 4.78 is 45.9. The molecule has 3 rings (SSSR count). The smallest absolute Gasteiger partial charge is 0.170 e. The van der Waals surface area contributed by atoms with Crippen LogP contribution in [0.5, 0.6) is 5.75 Å². The number of carbonyl (C=O) groups excluding carboxylic acids is 1. The summed E-state index contributed by atoms with van der Waals surface area (Å²) in [5, 5.41) is 0. The van der Waals surface area contributed by atoms with Crippen LogP contribution < -0.4 is 4.74 Å². The van der Waals surface area contributed by atoms with Gasteiger partial charge in [0.1, 0.15) is 29.3 Å². The van der Waals surface area contributed by atoms with Crippen LogP contribution in [0, 0.1) is 17.5 Å². The third-order valence-electron chi connectivity index (χ3n) is 3.20. The highest BCUT2D eigenvalue weighted by molar-refractivity contribution is 6.00. The summed E-state index contributed by atoms with van der Waals surface area (Å²) in [5.41, 5.74) is -0.186. The first-order valence-electron chi connectivity index (χ1n) is 5.99. The van der Waals surface area contributed by atoms with Crippen molar-refractivity contribution in [1.82, 2.24) is 0 Å². The largest absolute Gasteiger partial charge is 0.484 e. The molecule has 2 nitrogen and oxygen atoms in total. The molecule has 0 saturated carbocycles. The van der Waals surface area contributed by atoms with Crippen LogP contribution in [0.15, 0.2) is 36.4 Å². The maximum absolute atomic E-state index is 13.7. The Balaban J connectivity index is 2.04. The molecule has 2 aromatic rings. The van der Waals surface area contributed by atoms with Gasteiger partial charge in [-0.05, 0) is 30.3 Å². The number of hydrogen-bond acceptors (Lipinski definition) is 2. The van der Waals surface area contributed by atoms with E-state index in [-0.39, 0.29) is 23.3 Å². The van der Waals surface area contributed by atoms with Gasteiger partial charge in [0, 0.05) is 0 Å². The molecule has 0 N–H and O–H groups in total. The molecule has 0 bridgehead atoms. The van der Waals surface area contributed by atoms with Gasteiger partial charge < -0.3 is 4.74 Å². The second kappa shape index (κ2) is 4.67. The summed E-state index contributed by atoms with van der Waals surface area (Å²) in [6, 6.07) is 6.92. The zero-order valence-electron chi connectivity index (χ0n) is 10.2. The van der Waals surface area contributed by atoms with Crippen LogP contribution in [0.1, 0.15) is 28.4 Å². The van der Waals surface area contributed by atoms with Gasteiger partial charge >= 0.3 is 0 Å². The fourth-order valence-electron chi connectivity index (χ4n) is 2.28. The Bertz CT molecular complexity index is 677. The summed E-state index contributed by atoms with van der Waals surface area (Å²) in [5.74, 6) is -2.37. The van der Waals surface area contributed by atoms with Crippen LogP contribution in [0.3, 0.4) is 0 Å². The van der Waals surface area contributed by atoms with E-state index in [1.54, 1.807) is 0 Å². The number of Topliss-reactive ketones (excluding diaryl/α,β-unsaturated/α-hetero) is 1. The van der Waals surface area contributed by atoms with Gasteiger partial charge in [-0.25, -0.2) is 13.2 Å². The van der Waals surface area contributed by atoms with Crippen LogP contribution >= 0.6 is 0 Å². The minimum atomic E-state index is -1.04. The maximum Gasteiger partial charge on any atom is 0.170 e. The molecule has 0 aliphatic carbocycles. The number of benzene rings is 2. The lowest BCUT2D eigenvalue weighted by atomic mass is 9.95. The molecule has 0 aromatic heterocycles. The second-order valence-corrected chi connectivity index (χ2v) is 4.51. The highest BCUT2D eigenvalue weighted by Crippen LogP contribution is 2.36. The Morgan fingerprint density at radius 2 is 1.75 bits per heavy atom. The fourth-order valence-corrected chi connectivity index (χ4v) is 2.28. The molecule has 2 aromatic carbocycles. The van der Waals surface area contributed by atoms with Crippen molar-refractivity contribution in [2.75, 3.05) is 0 Å². The van der Waals surface area contributed by atoms with Crippen LogP contribution in [0.4, 0.5) is 13.2 Å². The van der Waals surface area contributed by atoms with Crippen molar-refractivity contribution >= 4 is 5.78 Å². The van der Waals surface area contributed by atoms with Crippen LogP contribution in [-0.2, 0) is 0 Å². The molecule has 0 saturated heterocycles. The molecule has 1 atom stereocenters. The van der Waals surface area contributed by atoms with Crippen molar-refractivity contribution in [3.63, 3.8) is 0 Å². The van der Waals surface area contributed by atoms with Gasteiger partial charge in [-0.1, -0.05) is 6.07 Å². The average molecular weight is 278 g/mol. The van der Waals surface area contributed by atoms with Gasteiger partial charge in [0.25, 0.3) is 0 Å². The van der Waals surface area contributed by atoms with Crippen molar-refractivity contribution in [1.29, 1.82) is 0 Å². The van der Waals surface area contributed by atoms with Crippen molar-refractivity contribution in [2.45, 2.75) is 12.5 Å². The molecule has 1 heterocycles. The lowest BCUT2D eigenvalue weighted by molar-refractivity contribution is 0.0840. The van der Waals surface area contributed by atoms with E-state index < -0.39 is 29.3 Å². The Morgan fingerprint density at radius 3 is 2.45 bits per heavy atom. The quantitative estimate of drug-likeness (QED) is 0.793. The van der Waals surface area contributed by atoms with Gasteiger partial charge in [-0.2, -0.15) is 0 Å². The molecular formula is C15H9F3O2. The standard InChI is InChI=1S/C15H9F3O2/c16-8-4-5-13-9(6-8)12(19)7-14(20-13)15-10(17)2-1-3-11(15)18/h1-6,14H,7H2. The Hall–Kier alpha value is -2.30. The minimum absolute atomic E-state index is 0.0954. The molecule has 102 valence electrons. The molecule has 5 heteroatoms.